The average molecular weight is 268 g/mol. The van der Waals surface area contributed by atoms with E-state index in [0.29, 0.717) is 0 Å². The normalized spacial score (nSPS) is 10.7. The van der Waals surface area contributed by atoms with Crippen LogP contribution in [0.25, 0.3) is 5.69 Å². The van der Waals surface area contributed by atoms with Crippen molar-refractivity contribution < 1.29 is 0 Å². The van der Waals surface area contributed by atoms with Gasteiger partial charge in [0.15, 0.2) is 0 Å². The van der Waals surface area contributed by atoms with E-state index in [1.54, 1.807) is 11.0 Å². The van der Waals surface area contributed by atoms with E-state index in [1.165, 1.54) is 5.69 Å². The van der Waals surface area contributed by atoms with Crippen LogP contribution in [-0.4, -0.2) is 24.8 Å². The third-order valence-electron chi connectivity index (χ3n) is 3.22. The highest BCUT2D eigenvalue weighted by molar-refractivity contribution is 5.48. The lowest BCUT2D eigenvalue weighted by molar-refractivity contribution is 0.724. The standard InChI is InChI=1S/C14H16N6/c1-2-19-9-3-4-14(19)10-15-12-5-7-13(8-6-12)20-11-16-17-18-20/h3-9,11,15H,2,10H2,1H3. The number of aryl methyl sites for hydroxylation is 1. The first-order valence-corrected chi connectivity index (χ1v) is 6.58. The molecule has 6 heteroatoms. The molecule has 0 amide bonds. The number of nitrogens with zero attached hydrogens (tertiary/aromatic N) is 5. The van der Waals surface area contributed by atoms with Gasteiger partial charge in [-0.25, -0.2) is 4.68 Å². The molecule has 102 valence electrons. The minimum absolute atomic E-state index is 0.811. The van der Waals surface area contributed by atoms with Crippen LogP contribution in [0.4, 0.5) is 5.69 Å². The largest absolute Gasteiger partial charge is 0.379 e. The Morgan fingerprint density at radius 2 is 2.00 bits per heavy atom. The first kappa shape index (κ1) is 12.4. The lowest BCUT2D eigenvalue weighted by atomic mass is 10.2. The molecule has 0 aliphatic heterocycles. The average Bonchev–Trinajstić information content (AvgIpc) is 3.16. The molecular weight excluding hydrogens is 252 g/mol. The second kappa shape index (κ2) is 5.56. The molecule has 3 aromatic rings. The van der Waals surface area contributed by atoms with Crippen LogP contribution in [0.15, 0.2) is 48.9 Å². The van der Waals surface area contributed by atoms with Crippen LogP contribution in [0.5, 0.6) is 0 Å². The molecule has 0 atom stereocenters. The summed E-state index contributed by atoms with van der Waals surface area (Å²) in [6.45, 7) is 3.94. The number of hydrogen-bond acceptors (Lipinski definition) is 4. The summed E-state index contributed by atoms with van der Waals surface area (Å²) in [6, 6.07) is 12.2. The summed E-state index contributed by atoms with van der Waals surface area (Å²) in [7, 11) is 0. The molecule has 2 heterocycles. The summed E-state index contributed by atoms with van der Waals surface area (Å²) in [6.07, 6.45) is 3.67. The topological polar surface area (TPSA) is 60.6 Å². The van der Waals surface area contributed by atoms with Crippen molar-refractivity contribution in [1.82, 2.24) is 24.8 Å². The quantitative estimate of drug-likeness (QED) is 0.769. The van der Waals surface area contributed by atoms with Crippen molar-refractivity contribution in [3.8, 4) is 5.69 Å². The maximum atomic E-state index is 3.86. The molecule has 0 aliphatic rings. The molecule has 0 fully saturated rings. The molecule has 3 rings (SSSR count). The van der Waals surface area contributed by atoms with Gasteiger partial charge >= 0.3 is 0 Å². The van der Waals surface area contributed by atoms with Gasteiger partial charge in [-0.05, 0) is 53.7 Å². The van der Waals surface area contributed by atoms with Crippen LogP contribution in [0.2, 0.25) is 0 Å². The molecule has 0 unspecified atom stereocenters. The summed E-state index contributed by atoms with van der Waals surface area (Å²) in [5.74, 6) is 0. The smallest absolute Gasteiger partial charge is 0.143 e. The molecule has 1 aromatic carbocycles. The zero-order chi connectivity index (χ0) is 13.8. The van der Waals surface area contributed by atoms with Crippen LogP contribution < -0.4 is 5.32 Å². The molecule has 0 radical (unpaired) electrons. The van der Waals surface area contributed by atoms with Gasteiger partial charge in [-0.15, -0.1) is 5.10 Å². The summed E-state index contributed by atoms with van der Waals surface area (Å²) in [4.78, 5) is 0. The Balaban J connectivity index is 1.67. The highest BCUT2D eigenvalue weighted by Gasteiger charge is 2.00. The van der Waals surface area contributed by atoms with Crippen molar-refractivity contribution in [2.45, 2.75) is 20.0 Å². The number of aromatic nitrogens is 5. The number of tetrazole rings is 1. The van der Waals surface area contributed by atoms with Crippen LogP contribution >= 0.6 is 0 Å². The minimum Gasteiger partial charge on any atom is -0.379 e. The summed E-state index contributed by atoms with van der Waals surface area (Å²) >= 11 is 0. The molecule has 0 spiro atoms. The lowest BCUT2D eigenvalue weighted by Crippen LogP contribution is -2.06. The summed E-state index contributed by atoms with van der Waals surface area (Å²) in [5.41, 5.74) is 3.29. The van der Waals surface area contributed by atoms with Crippen molar-refractivity contribution >= 4 is 5.69 Å². The van der Waals surface area contributed by atoms with Gasteiger partial charge in [0.05, 0.1) is 12.2 Å². The van der Waals surface area contributed by atoms with E-state index < -0.39 is 0 Å². The molecular formula is C14H16N6. The molecule has 0 bridgehead atoms. The molecule has 0 saturated heterocycles. The summed E-state index contributed by atoms with van der Waals surface area (Å²) < 4.78 is 3.86. The SMILES string of the molecule is CCn1cccc1CNc1ccc(-n2cnnn2)cc1. The van der Waals surface area contributed by atoms with Crippen molar-refractivity contribution in [3.05, 3.63) is 54.6 Å². The Bertz CT molecular complexity index is 653. The number of anilines is 1. The van der Waals surface area contributed by atoms with Gasteiger partial charge in [0.2, 0.25) is 0 Å². The molecule has 0 aliphatic carbocycles. The van der Waals surface area contributed by atoms with Gasteiger partial charge in [-0.2, -0.15) is 0 Å². The van der Waals surface area contributed by atoms with Gasteiger partial charge in [-0.1, -0.05) is 0 Å². The van der Waals surface area contributed by atoms with Crippen molar-refractivity contribution in [1.29, 1.82) is 0 Å². The maximum absolute atomic E-state index is 3.86. The van der Waals surface area contributed by atoms with E-state index in [1.807, 2.05) is 24.3 Å². The number of hydrogen-bond donors (Lipinski definition) is 1. The Hall–Kier alpha value is -2.63. The molecule has 6 nitrogen and oxygen atoms in total. The first-order valence-electron chi connectivity index (χ1n) is 6.58. The molecule has 20 heavy (non-hydrogen) atoms. The Kier molecular flexibility index (Phi) is 3.45. The third-order valence-corrected chi connectivity index (χ3v) is 3.22. The van der Waals surface area contributed by atoms with Crippen LogP contribution in [0, 0.1) is 0 Å². The highest BCUT2D eigenvalue weighted by atomic mass is 15.5. The van der Waals surface area contributed by atoms with Crippen molar-refractivity contribution in [2.24, 2.45) is 0 Å². The van der Waals surface area contributed by atoms with Gasteiger partial charge in [0.1, 0.15) is 6.33 Å². The molecule has 0 saturated carbocycles. The van der Waals surface area contributed by atoms with Gasteiger partial charge in [0.25, 0.3) is 0 Å². The Morgan fingerprint density at radius 3 is 2.70 bits per heavy atom. The zero-order valence-electron chi connectivity index (χ0n) is 11.3. The monoisotopic (exact) mass is 268 g/mol. The van der Waals surface area contributed by atoms with Crippen LogP contribution in [0.3, 0.4) is 0 Å². The fourth-order valence-corrected chi connectivity index (χ4v) is 2.12. The fraction of sp³-hybridized carbons (Fsp3) is 0.214. The van der Waals surface area contributed by atoms with E-state index in [9.17, 15) is 0 Å². The van der Waals surface area contributed by atoms with Crippen LogP contribution in [-0.2, 0) is 13.1 Å². The Morgan fingerprint density at radius 1 is 1.15 bits per heavy atom. The van der Waals surface area contributed by atoms with Gasteiger partial charge in [0, 0.05) is 24.1 Å². The predicted octanol–water partition coefficient (Wildman–Crippen LogP) is 2.10. The molecule has 1 N–H and O–H groups in total. The highest BCUT2D eigenvalue weighted by Crippen LogP contribution is 2.13. The number of rotatable bonds is 5. The van der Waals surface area contributed by atoms with E-state index in [4.69, 9.17) is 0 Å². The van der Waals surface area contributed by atoms with Gasteiger partial charge < -0.3 is 9.88 Å². The van der Waals surface area contributed by atoms with E-state index >= 15 is 0 Å². The number of nitrogens with one attached hydrogen (secondary N) is 1. The second-order valence-corrected chi connectivity index (χ2v) is 4.44. The Labute approximate surface area is 117 Å². The minimum atomic E-state index is 0.811. The third kappa shape index (κ3) is 2.54. The second-order valence-electron chi connectivity index (χ2n) is 4.44. The van der Waals surface area contributed by atoms with Crippen molar-refractivity contribution in [3.63, 3.8) is 0 Å². The predicted molar refractivity (Wildman–Crippen MR) is 76.6 cm³/mol. The van der Waals surface area contributed by atoms with E-state index in [2.05, 4.69) is 50.7 Å². The number of benzene rings is 1. The van der Waals surface area contributed by atoms with Gasteiger partial charge in [-0.3, -0.25) is 0 Å². The summed E-state index contributed by atoms with van der Waals surface area (Å²) in [5, 5.41) is 14.5. The lowest BCUT2D eigenvalue weighted by Gasteiger charge is -2.09. The molecule has 2 aromatic heterocycles. The maximum Gasteiger partial charge on any atom is 0.143 e. The fourth-order valence-electron chi connectivity index (χ4n) is 2.12. The van der Waals surface area contributed by atoms with Crippen LogP contribution in [0.1, 0.15) is 12.6 Å². The van der Waals surface area contributed by atoms with E-state index in [-0.39, 0.29) is 0 Å². The zero-order valence-corrected chi connectivity index (χ0v) is 11.3. The van der Waals surface area contributed by atoms with E-state index in [0.717, 1.165) is 24.5 Å². The first-order chi connectivity index (χ1) is 9.86. The van der Waals surface area contributed by atoms with Crippen molar-refractivity contribution in [2.75, 3.05) is 5.32 Å².